The number of nitrogens with one attached hydrogen (secondary N) is 1. The van der Waals surface area contributed by atoms with E-state index in [1.54, 1.807) is 0 Å². The molecular formula is C18H30N2. The van der Waals surface area contributed by atoms with Crippen LogP contribution in [0.15, 0.2) is 24.3 Å². The number of hydrogen-bond acceptors (Lipinski definition) is 2. The summed E-state index contributed by atoms with van der Waals surface area (Å²) in [7, 11) is 0. The molecule has 0 saturated heterocycles. The van der Waals surface area contributed by atoms with Gasteiger partial charge in [-0.3, -0.25) is 4.90 Å². The Morgan fingerprint density at radius 3 is 2.35 bits per heavy atom. The lowest BCUT2D eigenvalue weighted by Gasteiger charge is -2.22. The summed E-state index contributed by atoms with van der Waals surface area (Å²) in [5.41, 5.74) is 2.89. The molecule has 1 aliphatic carbocycles. The Labute approximate surface area is 124 Å². The number of benzene rings is 1. The third-order valence-corrected chi connectivity index (χ3v) is 3.92. The molecule has 0 heterocycles. The van der Waals surface area contributed by atoms with Gasteiger partial charge in [-0.2, -0.15) is 0 Å². The first-order valence-corrected chi connectivity index (χ1v) is 8.21. The first kappa shape index (κ1) is 15.5. The highest BCUT2D eigenvalue weighted by molar-refractivity contribution is 5.22. The van der Waals surface area contributed by atoms with Gasteiger partial charge in [-0.15, -0.1) is 0 Å². The highest BCUT2D eigenvalue weighted by atomic mass is 15.1. The molecule has 1 aliphatic rings. The van der Waals surface area contributed by atoms with Crippen molar-refractivity contribution in [3.05, 3.63) is 35.4 Å². The van der Waals surface area contributed by atoms with Crippen LogP contribution in [0, 0.1) is 5.92 Å². The molecule has 20 heavy (non-hydrogen) atoms. The van der Waals surface area contributed by atoms with Crippen LogP contribution in [0.5, 0.6) is 0 Å². The zero-order chi connectivity index (χ0) is 14.4. The molecule has 0 atom stereocenters. The van der Waals surface area contributed by atoms with Gasteiger partial charge in [-0.05, 0) is 49.4 Å². The summed E-state index contributed by atoms with van der Waals surface area (Å²) in [4.78, 5) is 2.52. The van der Waals surface area contributed by atoms with Gasteiger partial charge in [0.1, 0.15) is 0 Å². The van der Waals surface area contributed by atoms with Gasteiger partial charge in [0.2, 0.25) is 0 Å². The molecule has 0 spiro atoms. The molecule has 1 N–H and O–H groups in total. The van der Waals surface area contributed by atoms with E-state index in [0.717, 1.165) is 38.0 Å². The van der Waals surface area contributed by atoms with E-state index in [1.807, 2.05) is 0 Å². The van der Waals surface area contributed by atoms with Gasteiger partial charge in [0.15, 0.2) is 0 Å². The summed E-state index contributed by atoms with van der Waals surface area (Å²) in [6, 6.07) is 10.0. The minimum Gasteiger partial charge on any atom is -0.314 e. The van der Waals surface area contributed by atoms with Gasteiger partial charge in [0, 0.05) is 19.1 Å². The molecule has 2 rings (SSSR count). The van der Waals surface area contributed by atoms with E-state index in [9.17, 15) is 0 Å². The highest BCUT2D eigenvalue weighted by Gasteiger charge is 2.19. The first-order valence-electron chi connectivity index (χ1n) is 8.21. The lowest BCUT2D eigenvalue weighted by Crippen LogP contribution is -2.27. The van der Waals surface area contributed by atoms with Crippen molar-refractivity contribution < 1.29 is 0 Å². The second-order valence-electron chi connectivity index (χ2n) is 6.52. The van der Waals surface area contributed by atoms with Crippen LogP contribution in [-0.4, -0.2) is 30.6 Å². The van der Waals surface area contributed by atoms with E-state index < -0.39 is 0 Å². The summed E-state index contributed by atoms with van der Waals surface area (Å²) in [6.45, 7) is 11.3. The van der Waals surface area contributed by atoms with Crippen molar-refractivity contribution in [3.63, 3.8) is 0 Å². The fraction of sp³-hybridized carbons (Fsp3) is 0.667. The standard InChI is InChI=1S/C18H30N2/c1-4-20(13-15(2)3)14-17-7-5-16(6-8-17)11-12-19-18-9-10-18/h5-8,15,18-19H,4,9-14H2,1-3H3. The van der Waals surface area contributed by atoms with Crippen LogP contribution in [0.4, 0.5) is 0 Å². The van der Waals surface area contributed by atoms with Gasteiger partial charge in [-0.25, -0.2) is 0 Å². The molecule has 1 saturated carbocycles. The Balaban J connectivity index is 1.77. The second-order valence-corrected chi connectivity index (χ2v) is 6.52. The molecular weight excluding hydrogens is 244 g/mol. The maximum atomic E-state index is 3.57. The Bertz CT molecular complexity index is 379. The quantitative estimate of drug-likeness (QED) is 0.742. The third-order valence-electron chi connectivity index (χ3n) is 3.92. The number of rotatable bonds is 9. The third kappa shape index (κ3) is 5.64. The molecule has 2 heteroatoms. The maximum Gasteiger partial charge on any atom is 0.0233 e. The minimum absolute atomic E-state index is 0.739. The normalized spacial score (nSPS) is 15.2. The molecule has 0 amide bonds. The Morgan fingerprint density at radius 2 is 1.80 bits per heavy atom. The molecule has 0 bridgehead atoms. The maximum absolute atomic E-state index is 3.57. The molecule has 0 aromatic heterocycles. The minimum atomic E-state index is 0.739. The van der Waals surface area contributed by atoms with Crippen LogP contribution in [0.1, 0.15) is 44.7 Å². The van der Waals surface area contributed by atoms with Gasteiger partial charge in [0.05, 0.1) is 0 Å². The Kier molecular flexibility index (Phi) is 6.06. The predicted octanol–water partition coefficient (Wildman–Crippen LogP) is 3.46. The summed E-state index contributed by atoms with van der Waals surface area (Å²) in [5.74, 6) is 0.739. The topological polar surface area (TPSA) is 15.3 Å². The fourth-order valence-corrected chi connectivity index (χ4v) is 2.60. The molecule has 0 unspecified atom stereocenters. The van der Waals surface area contributed by atoms with Crippen LogP contribution in [-0.2, 0) is 13.0 Å². The van der Waals surface area contributed by atoms with Crippen molar-refractivity contribution in [1.82, 2.24) is 10.2 Å². The Morgan fingerprint density at radius 1 is 1.15 bits per heavy atom. The van der Waals surface area contributed by atoms with Crippen LogP contribution >= 0.6 is 0 Å². The average molecular weight is 274 g/mol. The van der Waals surface area contributed by atoms with E-state index in [1.165, 1.54) is 30.5 Å². The van der Waals surface area contributed by atoms with Crippen LogP contribution in [0.3, 0.4) is 0 Å². The van der Waals surface area contributed by atoms with Gasteiger partial charge in [-0.1, -0.05) is 45.0 Å². The van der Waals surface area contributed by atoms with E-state index in [4.69, 9.17) is 0 Å². The first-order chi connectivity index (χ1) is 9.67. The summed E-state index contributed by atoms with van der Waals surface area (Å²) >= 11 is 0. The average Bonchev–Trinajstić information content (AvgIpc) is 3.23. The van der Waals surface area contributed by atoms with Crippen molar-refractivity contribution in [3.8, 4) is 0 Å². The summed E-state index contributed by atoms with van der Waals surface area (Å²) in [5, 5.41) is 3.57. The van der Waals surface area contributed by atoms with Crippen LogP contribution < -0.4 is 5.32 Å². The summed E-state index contributed by atoms with van der Waals surface area (Å²) < 4.78 is 0. The second kappa shape index (κ2) is 7.80. The molecule has 1 fully saturated rings. The lowest BCUT2D eigenvalue weighted by molar-refractivity contribution is 0.248. The summed E-state index contributed by atoms with van der Waals surface area (Å²) in [6.07, 6.45) is 3.91. The molecule has 112 valence electrons. The van der Waals surface area contributed by atoms with E-state index in [0.29, 0.717) is 0 Å². The Hall–Kier alpha value is -0.860. The van der Waals surface area contributed by atoms with Gasteiger partial charge >= 0.3 is 0 Å². The monoisotopic (exact) mass is 274 g/mol. The smallest absolute Gasteiger partial charge is 0.0233 e. The van der Waals surface area contributed by atoms with E-state index in [2.05, 4.69) is 55.3 Å². The largest absolute Gasteiger partial charge is 0.314 e. The highest BCUT2D eigenvalue weighted by Crippen LogP contribution is 2.18. The zero-order valence-corrected chi connectivity index (χ0v) is 13.4. The molecule has 0 radical (unpaired) electrons. The van der Waals surface area contributed by atoms with Crippen molar-refractivity contribution in [2.45, 2.75) is 52.6 Å². The van der Waals surface area contributed by atoms with Crippen molar-refractivity contribution in [2.24, 2.45) is 5.92 Å². The molecule has 0 aliphatic heterocycles. The molecule has 1 aromatic rings. The molecule has 2 nitrogen and oxygen atoms in total. The van der Waals surface area contributed by atoms with Crippen molar-refractivity contribution in [1.29, 1.82) is 0 Å². The van der Waals surface area contributed by atoms with Crippen LogP contribution in [0.25, 0.3) is 0 Å². The van der Waals surface area contributed by atoms with Gasteiger partial charge in [0.25, 0.3) is 0 Å². The van der Waals surface area contributed by atoms with Gasteiger partial charge < -0.3 is 5.32 Å². The lowest BCUT2D eigenvalue weighted by atomic mass is 10.1. The fourth-order valence-electron chi connectivity index (χ4n) is 2.60. The zero-order valence-electron chi connectivity index (χ0n) is 13.4. The van der Waals surface area contributed by atoms with E-state index in [-0.39, 0.29) is 0 Å². The van der Waals surface area contributed by atoms with Crippen molar-refractivity contribution in [2.75, 3.05) is 19.6 Å². The SMILES string of the molecule is CCN(Cc1ccc(CCNC2CC2)cc1)CC(C)C. The predicted molar refractivity (Wildman–Crippen MR) is 87.0 cm³/mol. The van der Waals surface area contributed by atoms with Crippen LogP contribution in [0.2, 0.25) is 0 Å². The number of hydrogen-bond donors (Lipinski definition) is 1. The van der Waals surface area contributed by atoms with E-state index >= 15 is 0 Å². The van der Waals surface area contributed by atoms with Crippen molar-refractivity contribution >= 4 is 0 Å². The number of nitrogens with zero attached hydrogens (tertiary/aromatic N) is 1. The molecule has 1 aromatic carbocycles.